The van der Waals surface area contributed by atoms with Crippen LogP contribution in [0.4, 0.5) is 0 Å². The first-order valence-corrected chi connectivity index (χ1v) is 7.26. The molecular weight excluding hydrogens is 268 g/mol. The average molecular weight is 292 g/mol. The normalized spacial score (nSPS) is 11.0. The first kappa shape index (κ1) is 17.2. The van der Waals surface area contributed by atoms with E-state index in [1.54, 1.807) is 24.3 Å². The van der Waals surface area contributed by atoms with E-state index in [4.69, 9.17) is 9.47 Å². The lowest BCUT2D eigenvalue weighted by molar-refractivity contribution is -0.136. The third-order valence-corrected chi connectivity index (χ3v) is 2.88. The summed E-state index contributed by atoms with van der Waals surface area (Å²) < 4.78 is 10.3. The number of ether oxygens (including phenoxy) is 2. The van der Waals surface area contributed by atoms with Crippen molar-refractivity contribution in [2.24, 2.45) is 5.41 Å². The van der Waals surface area contributed by atoms with Gasteiger partial charge in [-0.1, -0.05) is 39.3 Å². The van der Waals surface area contributed by atoms with Gasteiger partial charge in [0.1, 0.15) is 0 Å². The molecule has 0 bridgehead atoms. The van der Waals surface area contributed by atoms with E-state index in [9.17, 15) is 9.59 Å². The Labute approximate surface area is 126 Å². The molecule has 0 atom stereocenters. The lowest BCUT2D eigenvalue weighted by Gasteiger charge is -2.17. The number of benzene rings is 1. The van der Waals surface area contributed by atoms with Crippen LogP contribution in [-0.4, -0.2) is 11.9 Å². The molecule has 0 aromatic heterocycles. The molecular formula is C17H24O4. The highest BCUT2D eigenvalue weighted by molar-refractivity contribution is 5.75. The van der Waals surface area contributed by atoms with Crippen molar-refractivity contribution in [2.75, 3.05) is 0 Å². The van der Waals surface area contributed by atoms with E-state index >= 15 is 0 Å². The van der Waals surface area contributed by atoms with E-state index in [1.807, 2.05) is 0 Å². The summed E-state index contributed by atoms with van der Waals surface area (Å²) >= 11 is 0. The Morgan fingerprint density at radius 2 is 1.57 bits per heavy atom. The Kier molecular flexibility index (Phi) is 6.40. The standard InChI is InChI=1S/C17H24O4/c1-13(18)20-14-9-5-6-10-15(14)21-16(19)11-7-8-12-17(2,3)4/h5-6,9-10H,7-8,11-12H2,1-4H3. The van der Waals surface area contributed by atoms with Gasteiger partial charge >= 0.3 is 11.9 Å². The minimum atomic E-state index is -0.441. The third-order valence-electron chi connectivity index (χ3n) is 2.88. The number of carbonyl (C=O) groups is 2. The topological polar surface area (TPSA) is 52.6 Å². The molecule has 0 unspecified atom stereocenters. The molecule has 0 aliphatic rings. The van der Waals surface area contributed by atoms with Crippen LogP contribution in [0.3, 0.4) is 0 Å². The smallest absolute Gasteiger partial charge is 0.311 e. The summed E-state index contributed by atoms with van der Waals surface area (Å²) in [6.07, 6.45) is 3.23. The number of hydrogen-bond donors (Lipinski definition) is 0. The predicted octanol–water partition coefficient (Wildman–Crippen LogP) is 4.12. The maximum absolute atomic E-state index is 11.8. The quantitative estimate of drug-likeness (QED) is 0.449. The first-order valence-electron chi connectivity index (χ1n) is 7.26. The van der Waals surface area contributed by atoms with Crippen LogP contribution in [0.25, 0.3) is 0 Å². The second-order valence-corrected chi connectivity index (χ2v) is 6.28. The summed E-state index contributed by atoms with van der Waals surface area (Å²) in [5.74, 6) is -0.186. The highest BCUT2D eigenvalue weighted by Gasteiger charge is 2.13. The molecule has 0 saturated heterocycles. The van der Waals surface area contributed by atoms with Gasteiger partial charge in [0.2, 0.25) is 0 Å². The summed E-state index contributed by atoms with van der Waals surface area (Å²) in [5.41, 5.74) is 0.284. The monoisotopic (exact) mass is 292 g/mol. The van der Waals surface area contributed by atoms with Gasteiger partial charge in [0.15, 0.2) is 11.5 Å². The number of para-hydroxylation sites is 2. The van der Waals surface area contributed by atoms with E-state index < -0.39 is 5.97 Å². The molecule has 1 rings (SSSR count). The molecule has 1 aromatic rings. The fraction of sp³-hybridized carbons (Fsp3) is 0.529. The Morgan fingerprint density at radius 3 is 2.10 bits per heavy atom. The van der Waals surface area contributed by atoms with Gasteiger partial charge in [-0.3, -0.25) is 9.59 Å². The second kappa shape index (κ2) is 7.81. The molecule has 0 spiro atoms. The van der Waals surface area contributed by atoms with Crippen LogP contribution in [0.1, 0.15) is 53.4 Å². The fourth-order valence-corrected chi connectivity index (χ4v) is 1.87. The van der Waals surface area contributed by atoms with Crippen molar-refractivity contribution in [3.05, 3.63) is 24.3 Å². The molecule has 0 heterocycles. The first-order chi connectivity index (χ1) is 9.78. The van der Waals surface area contributed by atoms with E-state index in [2.05, 4.69) is 20.8 Å². The highest BCUT2D eigenvalue weighted by Crippen LogP contribution is 2.27. The molecule has 116 valence electrons. The highest BCUT2D eigenvalue weighted by atomic mass is 16.6. The van der Waals surface area contributed by atoms with Crippen LogP contribution >= 0.6 is 0 Å². The summed E-state index contributed by atoms with van der Waals surface area (Å²) in [4.78, 5) is 22.8. The molecule has 4 heteroatoms. The summed E-state index contributed by atoms with van der Waals surface area (Å²) in [6.45, 7) is 7.85. The van der Waals surface area contributed by atoms with E-state index in [-0.39, 0.29) is 22.9 Å². The van der Waals surface area contributed by atoms with Crippen LogP contribution < -0.4 is 9.47 Å². The molecule has 0 fully saturated rings. The lowest BCUT2D eigenvalue weighted by Crippen LogP contribution is -2.11. The van der Waals surface area contributed by atoms with Gasteiger partial charge in [0, 0.05) is 13.3 Å². The van der Waals surface area contributed by atoms with Crippen molar-refractivity contribution in [3.8, 4) is 11.5 Å². The molecule has 0 radical (unpaired) electrons. The lowest BCUT2D eigenvalue weighted by atomic mass is 9.89. The third kappa shape index (κ3) is 7.49. The predicted molar refractivity (Wildman–Crippen MR) is 81.3 cm³/mol. The Balaban J connectivity index is 2.46. The summed E-state index contributed by atoms with van der Waals surface area (Å²) in [6, 6.07) is 6.67. The minimum absolute atomic E-state index is 0.271. The zero-order valence-corrected chi connectivity index (χ0v) is 13.3. The largest absolute Gasteiger partial charge is 0.423 e. The molecule has 4 nitrogen and oxygen atoms in total. The van der Waals surface area contributed by atoms with Gasteiger partial charge in [-0.2, -0.15) is 0 Å². The van der Waals surface area contributed by atoms with Crippen LogP contribution in [0.15, 0.2) is 24.3 Å². The van der Waals surface area contributed by atoms with Crippen molar-refractivity contribution >= 4 is 11.9 Å². The number of esters is 2. The number of hydrogen-bond acceptors (Lipinski definition) is 4. The van der Waals surface area contributed by atoms with Gasteiger partial charge in [0.25, 0.3) is 0 Å². The zero-order chi connectivity index (χ0) is 15.9. The minimum Gasteiger partial charge on any atom is -0.423 e. The Morgan fingerprint density at radius 1 is 1.00 bits per heavy atom. The Bertz CT molecular complexity index is 486. The van der Waals surface area contributed by atoms with E-state index in [0.29, 0.717) is 6.42 Å². The van der Waals surface area contributed by atoms with Crippen LogP contribution in [0, 0.1) is 5.41 Å². The van der Waals surface area contributed by atoms with Gasteiger partial charge in [-0.15, -0.1) is 0 Å². The maximum atomic E-state index is 11.8. The van der Waals surface area contributed by atoms with Crippen molar-refractivity contribution < 1.29 is 19.1 Å². The van der Waals surface area contributed by atoms with E-state index in [0.717, 1.165) is 19.3 Å². The van der Waals surface area contributed by atoms with Gasteiger partial charge in [-0.05, 0) is 30.4 Å². The number of carbonyl (C=O) groups excluding carboxylic acids is 2. The van der Waals surface area contributed by atoms with Crippen molar-refractivity contribution in [1.82, 2.24) is 0 Å². The second-order valence-electron chi connectivity index (χ2n) is 6.28. The van der Waals surface area contributed by atoms with Crippen molar-refractivity contribution in [2.45, 2.75) is 53.4 Å². The molecule has 0 saturated carbocycles. The van der Waals surface area contributed by atoms with Crippen LogP contribution in [-0.2, 0) is 9.59 Å². The van der Waals surface area contributed by atoms with Gasteiger partial charge in [0.05, 0.1) is 0 Å². The van der Waals surface area contributed by atoms with Crippen LogP contribution in [0.2, 0.25) is 0 Å². The molecule has 1 aromatic carbocycles. The van der Waals surface area contributed by atoms with Crippen molar-refractivity contribution in [1.29, 1.82) is 0 Å². The maximum Gasteiger partial charge on any atom is 0.311 e. The number of unbranched alkanes of at least 4 members (excludes halogenated alkanes) is 1. The van der Waals surface area contributed by atoms with Crippen molar-refractivity contribution in [3.63, 3.8) is 0 Å². The van der Waals surface area contributed by atoms with Gasteiger partial charge in [-0.25, -0.2) is 0 Å². The SMILES string of the molecule is CC(=O)Oc1ccccc1OC(=O)CCCCC(C)(C)C. The zero-order valence-electron chi connectivity index (χ0n) is 13.3. The molecule has 0 aliphatic carbocycles. The molecule has 0 amide bonds. The average Bonchev–Trinajstić information content (AvgIpc) is 2.35. The number of rotatable bonds is 6. The molecule has 0 N–H and O–H groups in total. The van der Waals surface area contributed by atoms with E-state index in [1.165, 1.54) is 6.92 Å². The molecule has 21 heavy (non-hydrogen) atoms. The fourth-order valence-electron chi connectivity index (χ4n) is 1.87. The summed E-state index contributed by atoms with van der Waals surface area (Å²) in [5, 5.41) is 0. The Hall–Kier alpha value is -1.84. The van der Waals surface area contributed by atoms with Crippen LogP contribution in [0.5, 0.6) is 11.5 Å². The van der Waals surface area contributed by atoms with Gasteiger partial charge < -0.3 is 9.47 Å². The molecule has 0 aliphatic heterocycles. The summed E-state index contributed by atoms with van der Waals surface area (Å²) in [7, 11) is 0.